The van der Waals surface area contributed by atoms with Crippen LogP contribution in [0.4, 0.5) is 0 Å². The molecule has 0 bridgehead atoms. The van der Waals surface area contributed by atoms with Crippen molar-refractivity contribution in [3.05, 3.63) is 65.2 Å². The van der Waals surface area contributed by atoms with Crippen molar-refractivity contribution >= 4 is 5.91 Å². The van der Waals surface area contributed by atoms with Crippen LogP contribution in [-0.2, 0) is 11.3 Å². The first-order valence-corrected chi connectivity index (χ1v) is 12.4. The molecule has 1 unspecified atom stereocenters. The highest BCUT2D eigenvalue weighted by Crippen LogP contribution is 2.34. The Bertz CT molecular complexity index is 935. The molecule has 2 fully saturated rings. The van der Waals surface area contributed by atoms with Gasteiger partial charge in [-0.3, -0.25) is 9.69 Å². The zero-order valence-corrected chi connectivity index (χ0v) is 20.5. The summed E-state index contributed by atoms with van der Waals surface area (Å²) in [5, 5.41) is 0. The van der Waals surface area contributed by atoms with Gasteiger partial charge < -0.3 is 14.4 Å². The monoisotopic (exact) mass is 450 g/mol. The molecule has 2 saturated heterocycles. The minimum Gasteiger partial charge on any atom is -0.491 e. The number of ether oxygens (including phenoxy) is 2. The Hall–Kier alpha value is -2.37. The van der Waals surface area contributed by atoms with E-state index in [0.717, 1.165) is 68.9 Å². The summed E-state index contributed by atoms with van der Waals surface area (Å²) in [5.41, 5.74) is 2.93. The first-order valence-electron chi connectivity index (χ1n) is 12.4. The fraction of sp³-hybridized carbons (Fsp3) is 0.536. The van der Waals surface area contributed by atoms with Crippen LogP contribution >= 0.6 is 0 Å². The molecule has 0 saturated carbocycles. The van der Waals surface area contributed by atoms with Gasteiger partial charge in [-0.05, 0) is 69.4 Å². The fourth-order valence-corrected chi connectivity index (χ4v) is 5.11. The van der Waals surface area contributed by atoms with Crippen molar-refractivity contribution < 1.29 is 14.3 Å². The van der Waals surface area contributed by atoms with Crippen LogP contribution in [0.15, 0.2) is 48.5 Å². The summed E-state index contributed by atoms with van der Waals surface area (Å²) in [5.74, 6) is 0.951. The largest absolute Gasteiger partial charge is 0.491 e. The molecular weight excluding hydrogens is 412 g/mol. The lowest BCUT2D eigenvalue weighted by molar-refractivity contribution is -0.175. The van der Waals surface area contributed by atoms with E-state index in [2.05, 4.69) is 42.2 Å². The second kappa shape index (κ2) is 10.3. The number of amides is 1. The maximum absolute atomic E-state index is 13.2. The highest BCUT2D eigenvalue weighted by Gasteiger charge is 2.43. The zero-order valence-electron chi connectivity index (χ0n) is 20.5. The van der Waals surface area contributed by atoms with E-state index in [1.807, 2.05) is 43.9 Å². The summed E-state index contributed by atoms with van der Waals surface area (Å²) < 4.78 is 12.5. The van der Waals surface area contributed by atoms with Crippen LogP contribution in [0.5, 0.6) is 5.75 Å². The molecule has 2 heterocycles. The van der Waals surface area contributed by atoms with E-state index in [1.54, 1.807) is 0 Å². The number of carbonyl (C=O) groups is 1. The lowest BCUT2D eigenvalue weighted by Crippen LogP contribution is -2.59. The highest BCUT2D eigenvalue weighted by molar-refractivity contribution is 5.94. The summed E-state index contributed by atoms with van der Waals surface area (Å²) in [7, 11) is 0. The van der Waals surface area contributed by atoms with Gasteiger partial charge in [-0.2, -0.15) is 0 Å². The number of aryl methyl sites for hydroxylation is 1. The number of nitrogens with zero attached hydrogens (tertiary/aromatic N) is 2. The van der Waals surface area contributed by atoms with Gasteiger partial charge in [0.05, 0.1) is 17.8 Å². The SMILES string of the molecule is CCC1CN(Cc2ccccc2)CC2(CCN(C(=O)c3ccc(OC(C)C)c(C)c3)CC2)O1. The smallest absolute Gasteiger partial charge is 0.253 e. The van der Waals surface area contributed by atoms with Gasteiger partial charge in [0.2, 0.25) is 0 Å². The molecule has 5 heteroatoms. The number of carbonyl (C=O) groups excluding carboxylic acids is 1. The predicted octanol–water partition coefficient (Wildman–Crippen LogP) is 5.07. The molecule has 2 aromatic rings. The van der Waals surface area contributed by atoms with Gasteiger partial charge in [-0.1, -0.05) is 37.3 Å². The summed E-state index contributed by atoms with van der Waals surface area (Å²) >= 11 is 0. The first kappa shape index (κ1) is 23.8. The number of hydrogen-bond acceptors (Lipinski definition) is 4. The molecule has 2 aromatic carbocycles. The molecular formula is C28H38N2O3. The van der Waals surface area contributed by atoms with Crippen LogP contribution in [-0.4, -0.2) is 59.7 Å². The summed E-state index contributed by atoms with van der Waals surface area (Å²) in [4.78, 5) is 17.7. The van der Waals surface area contributed by atoms with E-state index in [-0.39, 0.29) is 23.7 Å². The van der Waals surface area contributed by atoms with Crippen LogP contribution < -0.4 is 4.74 Å². The lowest BCUT2D eigenvalue weighted by Gasteiger charge is -2.50. The number of hydrogen-bond donors (Lipinski definition) is 0. The van der Waals surface area contributed by atoms with E-state index < -0.39 is 0 Å². The van der Waals surface area contributed by atoms with E-state index in [4.69, 9.17) is 9.47 Å². The van der Waals surface area contributed by atoms with Gasteiger partial charge in [0.1, 0.15) is 5.75 Å². The standard InChI is InChI=1S/C28H38N2O3/c1-5-25-19-29(18-23-9-7-6-8-10-23)20-28(33-25)13-15-30(16-14-28)27(31)24-11-12-26(22(4)17-24)32-21(2)3/h6-12,17,21,25H,5,13-16,18-20H2,1-4H3. The predicted molar refractivity (Wildman–Crippen MR) is 132 cm³/mol. The molecule has 2 aliphatic heterocycles. The molecule has 1 spiro atoms. The Morgan fingerprint density at radius 2 is 1.88 bits per heavy atom. The van der Waals surface area contributed by atoms with Crippen molar-refractivity contribution in [1.82, 2.24) is 9.80 Å². The summed E-state index contributed by atoms with van der Waals surface area (Å²) in [6, 6.07) is 16.4. The minimum absolute atomic E-state index is 0.105. The Morgan fingerprint density at radius 1 is 1.15 bits per heavy atom. The molecule has 1 atom stereocenters. The third-order valence-electron chi connectivity index (χ3n) is 6.84. The van der Waals surface area contributed by atoms with Crippen molar-refractivity contribution in [3.63, 3.8) is 0 Å². The quantitative estimate of drug-likeness (QED) is 0.616. The summed E-state index contributed by atoms with van der Waals surface area (Å²) in [6.45, 7) is 12.6. The number of likely N-dealkylation sites (tertiary alicyclic amines) is 1. The summed E-state index contributed by atoms with van der Waals surface area (Å²) in [6.07, 6.45) is 3.15. The van der Waals surface area contributed by atoms with Crippen LogP contribution in [0.2, 0.25) is 0 Å². The van der Waals surface area contributed by atoms with Gasteiger partial charge in [0.15, 0.2) is 0 Å². The molecule has 33 heavy (non-hydrogen) atoms. The molecule has 178 valence electrons. The minimum atomic E-state index is -0.157. The van der Waals surface area contributed by atoms with Crippen LogP contribution in [0.25, 0.3) is 0 Å². The first-order chi connectivity index (χ1) is 15.9. The van der Waals surface area contributed by atoms with E-state index >= 15 is 0 Å². The van der Waals surface area contributed by atoms with Crippen molar-refractivity contribution in [2.75, 3.05) is 26.2 Å². The van der Waals surface area contributed by atoms with Crippen LogP contribution in [0, 0.1) is 6.92 Å². The normalized spacial score (nSPS) is 20.9. The topological polar surface area (TPSA) is 42.0 Å². The average Bonchev–Trinajstić information content (AvgIpc) is 2.80. The number of benzene rings is 2. The Labute approximate surface area is 198 Å². The fourth-order valence-electron chi connectivity index (χ4n) is 5.11. The van der Waals surface area contributed by atoms with Crippen molar-refractivity contribution in [1.29, 1.82) is 0 Å². The molecule has 4 rings (SSSR count). The second-order valence-corrected chi connectivity index (χ2v) is 9.93. The Balaban J connectivity index is 1.40. The lowest BCUT2D eigenvalue weighted by atomic mass is 9.87. The van der Waals surface area contributed by atoms with Crippen LogP contribution in [0.1, 0.15) is 61.5 Å². The molecule has 2 aliphatic rings. The maximum atomic E-state index is 13.2. The molecule has 1 amide bonds. The van der Waals surface area contributed by atoms with Gasteiger partial charge in [-0.25, -0.2) is 0 Å². The number of rotatable bonds is 6. The van der Waals surface area contributed by atoms with Crippen molar-refractivity contribution in [3.8, 4) is 5.75 Å². The van der Waals surface area contributed by atoms with Gasteiger partial charge >= 0.3 is 0 Å². The third kappa shape index (κ3) is 5.77. The van der Waals surface area contributed by atoms with E-state index in [0.29, 0.717) is 0 Å². The van der Waals surface area contributed by atoms with Gasteiger partial charge in [-0.15, -0.1) is 0 Å². The Morgan fingerprint density at radius 3 is 2.52 bits per heavy atom. The zero-order chi connectivity index (χ0) is 23.4. The van der Waals surface area contributed by atoms with Crippen molar-refractivity contribution in [2.24, 2.45) is 0 Å². The average molecular weight is 451 g/mol. The van der Waals surface area contributed by atoms with Gasteiger partial charge in [0, 0.05) is 38.3 Å². The third-order valence-corrected chi connectivity index (χ3v) is 6.84. The number of piperidine rings is 1. The highest BCUT2D eigenvalue weighted by atomic mass is 16.5. The molecule has 0 radical (unpaired) electrons. The van der Waals surface area contributed by atoms with Crippen molar-refractivity contribution in [2.45, 2.75) is 71.3 Å². The number of morpholine rings is 1. The molecule has 0 aliphatic carbocycles. The Kier molecular flexibility index (Phi) is 7.40. The van der Waals surface area contributed by atoms with Gasteiger partial charge in [0.25, 0.3) is 5.91 Å². The molecule has 0 N–H and O–H groups in total. The van der Waals surface area contributed by atoms with Crippen LogP contribution in [0.3, 0.4) is 0 Å². The maximum Gasteiger partial charge on any atom is 0.253 e. The second-order valence-electron chi connectivity index (χ2n) is 9.93. The molecule has 5 nitrogen and oxygen atoms in total. The molecule has 0 aromatic heterocycles. The van der Waals surface area contributed by atoms with E-state index in [1.165, 1.54) is 5.56 Å². The van der Waals surface area contributed by atoms with E-state index in [9.17, 15) is 4.79 Å².